The summed E-state index contributed by atoms with van der Waals surface area (Å²) >= 11 is 0. The van der Waals surface area contributed by atoms with Crippen LogP contribution in [0.5, 0.6) is 0 Å². The maximum atomic E-state index is 14.1. The van der Waals surface area contributed by atoms with Gasteiger partial charge in [-0.05, 0) is 44.6 Å². The summed E-state index contributed by atoms with van der Waals surface area (Å²) in [5.74, 6) is -0.861. The van der Waals surface area contributed by atoms with Crippen LogP contribution in [0.4, 0.5) is 26.4 Å². The van der Waals surface area contributed by atoms with E-state index in [2.05, 4.69) is 36.3 Å². The Hall–Kier alpha value is -4.49. The molecule has 0 unspecified atom stereocenters. The van der Waals surface area contributed by atoms with Gasteiger partial charge in [-0.25, -0.2) is 18.7 Å². The predicted molar refractivity (Wildman–Crippen MR) is 145 cm³/mol. The second-order valence-corrected chi connectivity index (χ2v) is 10.2. The van der Waals surface area contributed by atoms with Gasteiger partial charge in [0.1, 0.15) is 5.82 Å². The molecule has 5 rings (SSSR count). The highest BCUT2D eigenvalue weighted by molar-refractivity contribution is 6.03. The van der Waals surface area contributed by atoms with Gasteiger partial charge in [0.15, 0.2) is 17.2 Å². The summed E-state index contributed by atoms with van der Waals surface area (Å²) < 4.78 is 15.5. The van der Waals surface area contributed by atoms with Crippen molar-refractivity contribution in [3.63, 3.8) is 0 Å². The van der Waals surface area contributed by atoms with Crippen LogP contribution in [0.15, 0.2) is 30.7 Å². The van der Waals surface area contributed by atoms with Gasteiger partial charge in [0.2, 0.25) is 5.91 Å². The normalized spacial score (nSPS) is 18.6. The number of amides is 3. The molecule has 0 aromatic carbocycles. The van der Waals surface area contributed by atoms with Crippen molar-refractivity contribution in [1.29, 1.82) is 0 Å². The Morgan fingerprint density at radius 2 is 1.80 bits per heavy atom. The Labute approximate surface area is 229 Å². The SMILES string of the molecule is CC(=O)NCCN(C(=O)O)C1CCC(Nc2cc(NC3CC3)c3ncc(C(=O)Nc4ccncc4F)n3n2)CC1. The highest BCUT2D eigenvalue weighted by Crippen LogP contribution is 2.30. The molecule has 3 aromatic rings. The molecule has 2 fully saturated rings. The van der Waals surface area contributed by atoms with Crippen LogP contribution in [0.1, 0.15) is 55.9 Å². The summed E-state index contributed by atoms with van der Waals surface area (Å²) in [6.45, 7) is 1.91. The molecule has 0 radical (unpaired) electrons. The zero-order chi connectivity index (χ0) is 28.2. The Morgan fingerprint density at radius 1 is 1.07 bits per heavy atom. The van der Waals surface area contributed by atoms with Crippen LogP contribution < -0.4 is 21.3 Å². The van der Waals surface area contributed by atoms with Crippen molar-refractivity contribution in [3.05, 3.63) is 42.2 Å². The van der Waals surface area contributed by atoms with E-state index >= 15 is 0 Å². The molecule has 13 nitrogen and oxygen atoms in total. The molecular weight excluding hydrogens is 521 g/mol. The predicted octanol–water partition coefficient (Wildman–Crippen LogP) is 2.93. The standard InChI is InChI=1S/C26H32FN9O4/c1-15(37)29-10-11-35(26(39)40)18-6-4-17(5-7-18)32-23-12-21(31-16-2-3-16)24-30-14-22(36(24)34-23)25(38)33-20-8-9-28-13-19(20)27/h8-9,12-14,16-18,31H,2-7,10-11H2,1H3,(H,29,37)(H,32,34)(H,39,40)(H,28,33,38). The maximum absolute atomic E-state index is 14.1. The van der Waals surface area contributed by atoms with Gasteiger partial charge in [0.25, 0.3) is 5.91 Å². The average Bonchev–Trinajstić information content (AvgIpc) is 3.63. The number of nitrogens with zero attached hydrogens (tertiary/aromatic N) is 5. The molecule has 0 atom stereocenters. The number of rotatable bonds is 10. The van der Waals surface area contributed by atoms with Crippen molar-refractivity contribution in [1.82, 2.24) is 29.8 Å². The van der Waals surface area contributed by atoms with Gasteiger partial charge in [-0.1, -0.05) is 0 Å². The van der Waals surface area contributed by atoms with Gasteiger partial charge in [0, 0.05) is 50.4 Å². The van der Waals surface area contributed by atoms with Crippen LogP contribution in [0.25, 0.3) is 5.65 Å². The number of carbonyl (C=O) groups excluding carboxylic acids is 2. The van der Waals surface area contributed by atoms with Crippen LogP contribution >= 0.6 is 0 Å². The number of hydrogen-bond donors (Lipinski definition) is 5. The minimum Gasteiger partial charge on any atom is -0.465 e. The zero-order valence-electron chi connectivity index (χ0n) is 22.1. The molecule has 5 N–H and O–H groups in total. The first-order valence-corrected chi connectivity index (χ1v) is 13.3. The second-order valence-electron chi connectivity index (χ2n) is 10.2. The molecule has 2 aliphatic rings. The van der Waals surface area contributed by atoms with E-state index in [1.54, 1.807) is 0 Å². The summed E-state index contributed by atoms with van der Waals surface area (Å²) in [4.78, 5) is 45.5. The molecule has 0 bridgehead atoms. The second kappa shape index (κ2) is 11.7. The molecular formula is C26H32FN9O4. The summed E-state index contributed by atoms with van der Waals surface area (Å²) in [6, 6.07) is 3.48. The Morgan fingerprint density at radius 3 is 2.48 bits per heavy atom. The fraction of sp³-hybridized carbons (Fsp3) is 0.462. The van der Waals surface area contributed by atoms with E-state index < -0.39 is 17.8 Å². The Bertz CT molecular complexity index is 1400. The molecule has 3 aromatic heterocycles. The third kappa shape index (κ3) is 6.38. The number of carbonyl (C=O) groups is 3. The summed E-state index contributed by atoms with van der Waals surface area (Å²) in [5, 5.41) is 26.4. The van der Waals surface area contributed by atoms with Gasteiger partial charge in [-0.2, -0.15) is 0 Å². The van der Waals surface area contributed by atoms with Gasteiger partial charge < -0.3 is 31.3 Å². The van der Waals surface area contributed by atoms with Crippen LogP contribution in [-0.2, 0) is 4.79 Å². The number of anilines is 3. The lowest BCUT2D eigenvalue weighted by Gasteiger charge is -2.35. The minimum absolute atomic E-state index is 0.00444. The first-order chi connectivity index (χ1) is 19.3. The van der Waals surface area contributed by atoms with E-state index in [0.717, 1.165) is 37.6 Å². The molecule has 0 saturated heterocycles. The van der Waals surface area contributed by atoms with Crippen LogP contribution in [0.3, 0.4) is 0 Å². The quantitative estimate of drug-likeness (QED) is 0.254. The molecule has 2 saturated carbocycles. The molecule has 3 amide bonds. The lowest BCUT2D eigenvalue weighted by molar-refractivity contribution is -0.119. The Kier molecular flexibility index (Phi) is 7.94. The lowest BCUT2D eigenvalue weighted by Crippen LogP contribution is -2.46. The van der Waals surface area contributed by atoms with Gasteiger partial charge >= 0.3 is 6.09 Å². The number of halogens is 1. The van der Waals surface area contributed by atoms with Gasteiger partial charge in [-0.15, -0.1) is 5.10 Å². The minimum atomic E-state index is -0.998. The first kappa shape index (κ1) is 27.1. The molecule has 2 aliphatic carbocycles. The third-order valence-corrected chi connectivity index (χ3v) is 7.12. The van der Waals surface area contributed by atoms with Crippen molar-refractivity contribution >= 4 is 40.7 Å². The molecule has 14 heteroatoms. The molecule has 0 aliphatic heterocycles. The molecule has 0 spiro atoms. The summed E-state index contributed by atoms with van der Waals surface area (Å²) in [7, 11) is 0. The number of nitrogens with one attached hydrogen (secondary N) is 4. The zero-order valence-corrected chi connectivity index (χ0v) is 22.1. The monoisotopic (exact) mass is 553 g/mol. The third-order valence-electron chi connectivity index (χ3n) is 7.12. The Balaban J connectivity index is 1.30. The van der Waals surface area contributed by atoms with Crippen LogP contribution in [0, 0.1) is 5.82 Å². The fourth-order valence-corrected chi connectivity index (χ4v) is 4.94. The van der Waals surface area contributed by atoms with Crippen molar-refractivity contribution in [3.8, 4) is 0 Å². The smallest absolute Gasteiger partial charge is 0.407 e. The molecule has 3 heterocycles. The van der Waals surface area contributed by atoms with E-state index in [1.807, 2.05) is 6.07 Å². The van der Waals surface area contributed by atoms with Crippen molar-refractivity contribution < 1.29 is 23.9 Å². The van der Waals surface area contributed by atoms with Crippen molar-refractivity contribution in [2.75, 3.05) is 29.0 Å². The van der Waals surface area contributed by atoms with Gasteiger partial charge in [0.05, 0.1) is 23.8 Å². The number of pyridine rings is 1. The van der Waals surface area contributed by atoms with Crippen LogP contribution in [-0.4, -0.2) is 78.7 Å². The summed E-state index contributed by atoms with van der Waals surface area (Å²) in [6.07, 6.45) is 7.67. The molecule has 212 valence electrons. The highest BCUT2D eigenvalue weighted by atomic mass is 19.1. The number of imidazole rings is 1. The number of carboxylic acid groups (broad SMARTS) is 1. The number of hydrogen-bond acceptors (Lipinski definition) is 8. The van der Waals surface area contributed by atoms with Gasteiger partial charge in [-0.3, -0.25) is 14.6 Å². The van der Waals surface area contributed by atoms with E-state index in [4.69, 9.17) is 0 Å². The number of aromatic nitrogens is 4. The van der Waals surface area contributed by atoms with Crippen molar-refractivity contribution in [2.45, 2.75) is 63.6 Å². The van der Waals surface area contributed by atoms with E-state index in [9.17, 15) is 23.9 Å². The number of fused-ring (bicyclic) bond motifs is 1. The largest absolute Gasteiger partial charge is 0.465 e. The maximum Gasteiger partial charge on any atom is 0.407 e. The first-order valence-electron chi connectivity index (χ1n) is 13.3. The lowest BCUT2D eigenvalue weighted by atomic mass is 9.90. The molecule has 40 heavy (non-hydrogen) atoms. The fourth-order valence-electron chi connectivity index (χ4n) is 4.94. The average molecular weight is 554 g/mol. The summed E-state index contributed by atoms with van der Waals surface area (Å²) in [5.41, 5.74) is 1.37. The van der Waals surface area contributed by atoms with E-state index in [1.165, 1.54) is 34.8 Å². The topological polar surface area (TPSA) is 166 Å². The highest BCUT2D eigenvalue weighted by Gasteiger charge is 2.30. The van der Waals surface area contributed by atoms with E-state index in [0.29, 0.717) is 30.3 Å². The van der Waals surface area contributed by atoms with E-state index in [-0.39, 0.29) is 42.5 Å². The van der Waals surface area contributed by atoms with Crippen molar-refractivity contribution in [2.24, 2.45) is 0 Å². The van der Waals surface area contributed by atoms with Crippen LogP contribution in [0.2, 0.25) is 0 Å².